The van der Waals surface area contributed by atoms with Crippen LogP contribution in [0.25, 0.3) is 0 Å². The lowest BCUT2D eigenvalue weighted by molar-refractivity contribution is 0.0956. The van der Waals surface area contributed by atoms with Gasteiger partial charge in [0.1, 0.15) is 5.69 Å². The average molecular weight is 477 g/mol. The summed E-state index contributed by atoms with van der Waals surface area (Å²) in [6.07, 6.45) is 2.50. The molecule has 0 radical (unpaired) electrons. The van der Waals surface area contributed by atoms with Gasteiger partial charge in [-0.1, -0.05) is 45.0 Å². The number of aryl methyl sites for hydroxylation is 3. The summed E-state index contributed by atoms with van der Waals surface area (Å²) in [7, 11) is 3.53. The number of piperidine rings is 1. The molecular weight excluding hydrogens is 440 g/mol. The topological polar surface area (TPSA) is 85.1 Å². The number of carbonyl (C=O) groups excluding carboxylic acids is 1. The largest absolute Gasteiger partial charge is 0.355 e. The number of nitrogens with one attached hydrogen (secondary N) is 1. The van der Waals surface area contributed by atoms with E-state index in [-0.39, 0.29) is 22.7 Å². The summed E-state index contributed by atoms with van der Waals surface area (Å²) < 4.78 is 3.12. The van der Waals surface area contributed by atoms with Gasteiger partial charge in [-0.2, -0.15) is 10.2 Å². The molecule has 0 amide bonds. The molecule has 3 aromatic rings. The monoisotopic (exact) mass is 476 g/mol. The van der Waals surface area contributed by atoms with Crippen molar-refractivity contribution >= 4 is 23.1 Å². The number of rotatable bonds is 6. The fraction of sp³-hybridized carbons (Fsp3) is 0.481. The summed E-state index contributed by atoms with van der Waals surface area (Å²) in [5.74, 6) is 1.78. The van der Waals surface area contributed by atoms with Crippen LogP contribution in [-0.2, 0) is 19.5 Å². The van der Waals surface area contributed by atoms with Crippen LogP contribution in [0, 0.1) is 12.8 Å². The molecule has 186 valence electrons. The molecule has 1 aliphatic rings. The second-order valence-electron chi connectivity index (χ2n) is 10.7. The zero-order valence-electron chi connectivity index (χ0n) is 21.6. The molecule has 0 spiro atoms. The van der Waals surface area contributed by atoms with Crippen LogP contribution < -0.4 is 15.8 Å². The van der Waals surface area contributed by atoms with Crippen LogP contribution in [0.1, 0.15) is 61.6 Å². The van der Waals surface area contributed by atoms with E-state index in [9.17, 15) is 9.59 Å². The molecule has 1 atom stereocenters. The van der Waals surface area contributed by atoms with Crippen molar-refractivity contribution < 1.29 is 4.79 Å². The van der Waals surface area contributed by atoms with E-state index in [1.807, 2.05) is 32.2 Å². The number of nitrogens with zero attached hydrogens (tertiary/aromatic N) is 5. The molecule has 1 N–H and O–H groups in total. The number of aromatic nitrogens is 4. The predicted molar refractivity (Wildman–Crippen MR) is 140 cm³/mol. The Morgan fingerprint density at radius 3 is 2.43 bits per heavy atom. The number of ketones is 1. The van der Waals surface area contributed by atoms with E-state index in [1.54, 1.807) is 17.8 Å². The Morgan fingerprint density at radius 2 is 1.80 bits per heavy atom. The molecule has 0 bridgehead atoms. The first kappa shape index (κ1) is 24.7. The summed E-state index contributed by atoms with van der Waals surface area (Å²) in [4.78, 5) is 27.9. The van der Waals surface area contributed by atoms with E-state index in [0.29, 0.717) is 17.9 Å². The second kappa shape index (κ2) is 9.68. The molecule has 1 saturated heterocycles. The number of carbonyl (C=O) groups is 1. The zero-order valence-corrected chi connectivity index (χ0v) is 21.6. The molecule has 1 aromatic carbocycles. The molecular formula is C27H36N6O2. The first-order valence-electron chi connectivity index (χ1n) is 12.3. The minimum Gasteiger partial charge on any atom is -0.355 e. The van der Waals surface area contributed by atoms with E-state index < -0.39 is 0 Å². The highest BCUT2D eigenvalue weighted by atomic mass is 16.1. The van der Waals surface area contributed by atoms with Gasteiger partial charge in [0.05, 0.1) is 0 Å². The van der Waals surface area contributed by atoms with Gasteiger partial charge >= 0.3 is 0 Å². The van der Waals surface area contributed by atoms with Crippen LogP contribution in [0.4, 0.5) is 17.3 Å². The summed E-state index contributed by atoms with van der Waals surface area (Å²) in [6, 6.07) is 11.7. The highest BCUT2D eigenvalue weighted by Gasteiger charge is 2.25. The Kier molecular flexibility index (Phi) is 6.83. The standard InChI is InChI=1S/C27H36N6O2/c1-18-14-24(29-31(18)5)28-22-16-25(30-32(6)26(22)35)33-13-7-8-19(17-33)15-23(34)20-9-11-21(12-10-20)27(2,3)4/h9-12,14,16,19H,7-8,13,15,17H2,1-6H3,(H,28,29)/t19-/m0/s1. The van der Waals surface area contributed by atoms with Gasteiger partial charge in [-0.25, -0.2) is 4.68 Å². The zero-order chi connectivity index (χ0) is 25.3. The third-order valence-corrected chi connectivity index (χ3v) is 6.82. The molecule has 0 saturated carbocycles. The normalized spacial score (nSPS) is 16.4. The van der Waals surface area contributed by atoms with Crippen molar-refractivity contribution in [1.29, 1.82) is 0 Å². The second-order valence-corrected chi connectivity index (χ2v) is 10.7. The number of Topliss-reactive ketones (excluding diaryl/α,β-unsaturated/α-hetero) is 1. The molecule has 0 aliphatic carbocycles. The van der Waals surface area contributed by atoms with Crippen LogP contribution in [0.3, 0.4) is 0 Å². The fourth-order valence-electron chi connectivity index (χ4n) is 4.57. The van der Waals surface area contributed by atoms with Gasteiger partial charge in [-0.3, -0.25) is 14.3 Å². The van der Waals surface area contributed by atoms with E-state index in [0.717, 1.165) is 43.0 Å². The first-order valence-corrected chi connectivity index (χ1v) is 12.3. The molecule has 35 heavy (non-hydrogen) atoms. The number of hydrogen-bond donors (Lipinski definition) is 1. The molecule has 3 heterocycles. The molecule has 1 aliphatic heterocycles. The Hall–Kier alpha value is -3.42. The predicted octanol–water partition coefficient (Wildman–Crippen LogP) is 4.35. The smallest absolute Gasteiger partial charge is 0.290 e. The van der Waals surface area contributed by atoms with Gasteiger partial charge in [0, 0.05) is 57.0 Å². The van der Waals surface area contributed by atoms with Crippen molar-refractivity contribution in [3.05, 3.63) is 63.6 Å². The summed E-state index contributed by atoms with van der Waals surface area (Å²) >= 11 is 0. The van der Waals surface area contributed by atoms with Crippen molar-refractivity contribution in [3.8, 4) is 0 Å². The molecule has 2 aromatic heterocycles. The van der Waals surface area contributed by atoms with E-state index in [1.165, 1.54) is 10.2 Å². The van der Waals surface area contributed by atoms with Crippen LogP contribution in [0.5, 0.6) is 0 Å². The van der Waals surface area contributed by atoms with Crippen LogP contribution >= 0.6 is 0 Å². The Labute approximate surface area is 207 Å². The van der Waals surface area contributed by atoms with Gasteiger partial charge in [0.2, 0.25) is 0 Å². The maximum absolute atomic E-state index is 13.0. The number of hydrogen-bond acceptors (Lipinski definition) is 6. The SMILES string of the molecule is Cc1cc(Nc2cc(N3CCC[C@@H](CC(=O)c4ccc(C(C)(C)C)cc4)C3)nn(C)c2=O)nn1C. The van der Waals surface area contributed by atoms with Gasteiger partial charge in [0.25, 0.3) is 5.56 Å². The van der Waals surface area contributed by atoms with Crippen molar-refractivity contribution in [1.82, 2.24) is 19.6 Å². The lowest BCUT2D eigenvalue weighted by Gasteiger charge is -2.33. The van der Waals surface area contributed by atoms with E-state index in [4.69, 9.17) is 0 Å². The number of anilines is 3. The molecule has 4 rings (SSSR count). The molecule has 8 heteroatoms. The van der Waals surface area contributed by atoms with Crippen molar-refractivity contribution in [2.24, 2.45) is 20.0 Å². The van der Waals surface area contributed by atoms with Crippen molar-refractivity contribution in [2.75, 3.05) is 23.3 Å². The Balaban J connectivity index is 1.47. The van der Waals surface area contributed by atoms with Crippen molar-refractivity contribution in [2.45, 2.75) is 52.4 Å². The fourth-order valence-corrected chi connectivity index (χ4v) is 4.57. The molecule has 0 unspecified atom stereocenters. The minimum absolute atomic E-state index is 0.0668. The lowest BCUT2D eigenvalue weighted by atomic mass is 9.85. The van der Waals surface area contributed by atoms with Gasteiger partial charge < -0.3 is 10.2 Å². The lowest BCUT2D eigenvalue weighted by Crippen LogP contribution is -2.38. The Morgan fingerprint density at radius 1 is 1.09 bits per heavy atom. The summed E-state index contributed by atoms with van der Waals surface area (Å²) in [5.41, 5.74) is 3.29. The Bertz CT molecular complexity index is 1250. The van der Waals surface area contributed by atoms with E-state index in [2.05, 4.69) is 53.3 Å². The van der Waals surface area contributed by atoms with Gasteiger partial charge in [-0.05, 0) is 36.7 Å². The van der Waals surface area contributed by atoms with Crippen LogP contribution in [-0.4, -0.2) is 38.4 Å². The number of benzene rings is 1. The van der Waals surface area contributed by atoms with Crippen LogP contribution in [0.2, 0.25) is 0 Å². The maximum atomic E-state index is 13.0. The molecule has 8 nitrogen and oxygen atoms in total. The maximum Gasteiger partial charge on any atom is 0.290 e. The highest BCUT2D eigenvalue weighted by molar-refractivity contribution is 5.96. The molecule has 1 fully saturated rings. The minimum atomic E-state index is -0.209. The third kappa shape index (κ3) is 5.63. The summed E-state index contributed by atoms with van der Waals surface area (Å²) in [6.45, 7) is 10.1. The third-order valence-electron chi connectivity index (χ3n) is 6.82. The van der Waals surface area contributed by atoms with Crippen LogP contribution in [0.15, 0.2) is 41.2 Å². The van der Waals surface area contributed by atoms with Crippen molar-refractivity contribution in [3.63, 3.8) is 0 Å². The van der Waals surface area contributed by atoms with Gasteiger partial charge in [-0.15, -0.1) is 0 Å². The van der Waals surface area contributed by atoms with E-state index >= 15 is 0 Å². The highest BCUT2D eigenvalue weighted by Crippen LogP contribution is 2.27. The first-order chi connectivity index (χ1) is 16.5. The average Bonchev–Trinajstić information content (AvgIpc) is 3.13. The quantitative estimate of drug-likeness (QED) is 0.533. The van der Waals surface area contributed by atoms with Gasteiger partial charge in [0.15, 0.2) is 17.4 Å². The summed E-state index contributed by atoms with van der Waals surface area (Å²) in [5, 5.41) is 12.1.